The largest absolute Gasteiger partial charge is 0.383 e. The molecule has 0 bridgehead atoms. The van der Waals surface area contributed by atoms with Crippen LogP contribution in [0.15, 0.2) is 18.3 Å². The van der Waals surface area contributed by atoms with Gasteiger partial charge in [-0.1, -0.05) is 26.8 Å². The Bertz CT molecular complexity index is 288. The first-order valence-electron chi connectivity index (χ1n) is 4.39. The minimum absolute atomic E-state index is 0.0111. The first kappa shape index (κ1) is 9.99. The van der Waals surface area contributed by atoms with Gasteiger partial charge in [0.25, 0.3) is 0 Å². The minimum Gasteiger partial charge on any atom is -0.383 e. The molecule has 13 heavy (non-hydrogen) atoms. The SMILES string of the molecule is CC(C)(C)[C@H](N)c1cccnc1N. The molecule has 3 heteroatoms. The van der Waals surface area contributed by atoms with Crippen molar-refractivity contribution >= 4 is 5.82 Å². The molecule has 0 saturated heterocycles. The Morgan fingerprint density at radius 1 is 1.38 bits per heavy atom. The van der Waals surface area contributed by atoms with Crippen molar-refractivity contribution in [1.82, 2.24) is 4.98 Å². The van der Waals surface area contributed by atoms with Gasteiger partial charge in [0.15, 0.2) is 0 Å². The van der Waals surface area contributed by atoms with Crippen molar-refractivity contribution in [3.63, 3.8) is 0 Å². The van der Waals surface area contributed by atoms with E-state index >= 15 is 0 Å². The summed E-state index contributed by atoms with van der Waals surface area (Å²) in [4.78, 5) is 4.01. The first-order valence-corrected chi connectivity index (χ1v) is 4.39. The molecule has 0 unspecified atom stereocenters. The van der Waals surface area contributed by atoms with E-state index in [9.17, 15) is 0 Å². The quantitative estimate of drug-likeness (QED) is 0.689. The Kier molecular flexibility index (Phi) is 2.57. The highest BCUT2D eigenvalue weighted by molar-refractivity contribution is 5.41. The van der Waals surface area contributed by atoms with Crippen molar-refractivity contribution in [2.75, 3.05) is 5.73 Å². The fourth-order valence-corrected chi connectivity index (χ4v) is 1.16. The first-order chi connectivity index (χ1) is 5.93. The number of nitrogens with zero attached hydrogens (tertiary/aromatic N) is 1. The summed E-state index contributed by atoms with van der Waals surface area (Å²) in [5.41, 5.74) is 12.7. The van der Waals surface area contributed by atoms with Gasteiger partial charge in [0, 0.05) is 17.8 Å². The Morgan fingerprint density at radius 2 is 2.00 bits per heavy atom. The molecule has 0 amide bonds. The van der Waals surface area contributed by atoms with Gasteiger partial charge in [-0.15, -0.1) is 0 Å². The van der Waals surface area contributed by atoms with Gasteiger partial charge >= 0.3 is 0 Å². The van der Waals surface area contributed by atoms with Crippen LogP contribution in [0.5, 0.6) is 0 Å². The number of pyridine rings is 1. The number of nitrogens with two attached hydrogens (primary N) is 2. The lowest BCUT2D eigenvalue weighted by Crippen LogP contribution is -2.27. The second kappa shape index (κ2) is 3.34. The van der Waals surface area contributed by atoms with E-state index in [-0.39, 0.29) is 11.5 Å². The van der Waals surface area contributed by atoms with Crippen LogP contribution >= 0.6 is 0 Å². The number of nitrogen functional groups attached to an aromatic ring is 1. The van der Waals surface area contributed by atoms with Crippen molar-refractivity contribution < 1.29 is 0 Å². The van der Waals surface area contributed by atoms with E-state index in [0.29, 0.717) is 5.82 Å². The predicted molar refractivity (Wildman–Crippen MR) is 55.0 cm³/mol. The lowest BCUT2D eigenvalue weighted by atomic mass is 9.83. The molecule has 0 saturated carbocycles. The molecule has 1 aromatic rings. The highest BCUT2D eigenvalue weighted by atomic mass is 14.8. The van der Waals surface area contributed by atoms with Crippen LogP contribution in [0.2, 0.25) is 0 Å². The molecule has 4 N–H and O–H groups in total. The molecule has 3 nitrogen and oxygen atoms in total. The minimum atomic E-state index is -0.0683. The van der Waals surface area contributed by atoms with E-state index in [1.807, 2.05) is 12.1 Å². The molecular weight excluding hydrogens is 162 g/mol. The fourth-order valence-electron chi connectivity index (χ4n) is 1.16. The maximum atomic E-state index is 6.05. The maximum absolute atomic E-state index is 6.05. The summed E-state index contributed by atoms with van der Waals surface area (Å²) < 4.78 is 0. The molecule has 0 radical (unpaired) electrons. The van der Waals surface area contributed by atoms with Crippen molar-refractivity contribution in [2.45, 2.75) is 26.8 Å². The van der Waals surface area contributed by atoms with E-state index in [1.165, 1.54) is 0 Å². The van der Waals surface area contributed by atoms with E-state index in [0.717, 1.165) is 5.56 Å². The van der Waals surface area contributed by atoms with Crippen LogP contribution in [0, 0.1) is 5.41 Å². The summed E-state index contributed by atoms with van der Waals surface area (Å²) in [5.74, 6) is 0.532. The second-order valence-corrected chi connectivity index (χ2v) is 4.32. The topological polar surface area (TPSA) is 64.9 Å². The molecule has 1 atom stereocenters. The van der Waals surface area contributed by atoms with Crippen LogP contribution in [0.4, 0.5) is 5.82 Å². The van der Waals surface area contributed by atoms with Crippen molar-refractivity contribution in [3.8, 4) is 0 Å². The molecule has 1 heterocycles. The van der Waals surface area contributed by atoms with Gasteiger partial charge in [-0.05, 0) is 11.5 Å². The van der Waals surface area contributed by atoms with Gasteiger partial charge in [-0.25, -0.2) is 4.98 Å². The Hall–Kier alpha value is -1.09. The molecule has 0 spiro atoms. The summed E-state index contributed by atoms with van der Waals surface area (Å²) >= 11 is 0. The summed E-state index contributed by atoms with van der Waals surface area (Å²) in [6, 6.07) is 3.72. The molecule has 0 aliphatic heterocycles. The Labute approximate surface area is 79.2 Å². The van der Waals surface area contributed by atoms with E-state index in [1.54, 1.807) is 6.20 Å². The van der Waals surface area contributed by atoms with Crippen LogP contribution in [0.3, 0.4) is 0 Å². The Morgan fingerprint density at radius 3 is 2.46 bits per heavy atom. The summed E-state index contributed by atoms with van der Waals surface area (Å²) in [6.07, 6.45) is 1.67. The zero-order valence-electron chi connectivity index (χ0n) is 8.41. The monoisotopic (exact) mass is 179 g/mol. The van der Waals surface area contributed by atoms with Gasteiger partial charge in [0.1, 0.15) is 5.82 Å². The van der Waals surface area contributed by atoms with Crippen molar-refractivity contribution in [3.05, 3.63) is 23.9 Å². The van der Waals surface area contributed by atoms with Crippen LogP contribution < -0.4 is 11.5 Å². The predicted octanol–water partition coefficient (Wildman–Crippen LogP) is 1.71. The van der Waals surface area contributed by atoms with Gasteiger partial charge in [0.2, 0.25) is 0 Å². The number of rotatable bonds is 1. The second-order valence-electron chi connectivity index (χ2n) is 4.32. The van der Waals surface area contributed by atoms with E-state index < -0.39 is 0 Å². The smallest absolute Gasteiger partial charge is 0.128 e. The van der Waals surface area contributed by atoms with Crippen LogP contribution in [0.1, 0.15) is 32.4 Å². The van der Waals surface area contributed by atoms with Crippen LogP contribution in [0.25, 0.3) is 0 Å². The fraction of sp³-hybridized carbons (Fsp3) is 0.500. The molecule has 0 aliphatic carbocycles. The molecule has 1 aromatic heterocycles. The number of hydrogen-bond donors (Lipinski definition) is 2. The lowest BCUT2D eigenvalue weighted by Gasteiger charge is -2.27. The maximum Gasteiger partial charge on any atom is 0.128 e. The number of hydrogen-bond acceptors (Lipinski definition) is 3. The third kappa shape index (κ3) is 2.18. The van der Waals surface area contributed by atoms with Gasteiger partial charge < -0.3 is 11.5 Å². The van der Waals surface area contributed by atoms with Crippen LogP contribution in [-0.4, -0.2) is 4.98 Å². The molecule has 0 fully saturated rings. The molecule has 1 rings (SSSR count). The average Bonchev–Trinajstić information content (AvgIpc) is 2.02. The van der Waals surface area contributed by atoms with Crippen LogP contribution in [-0.2, 0) is 0 Å². The zero-order valence-corrected chi connectivity index (χ0v) is 8.41. The normalized spacial score (nSPS) is 14.2. The lowest BCUT2D eigenvalue weighted by molar-refractivity contribution is 0.327. The molecule has 72 valence electrons. The van der Waals surface area contributed by atoms with Gasteiger partial charge in [0.05, 0.1) is 0 Å². The van der Waals surface area contributed by atoms with E-state index in [4.69, 9.17) is 11.5 Å². The zero-order chi connectivity index (χ0) is 10.1. The van der Waals surface area contributed by atoms with Crippen molar-refractivity contribution in [1.29, 1.82) is 0 Å². The third-order valence-electron chi connectivity index (χ3n) is 2.14. The Balaban J connectivity index is 3.02. The van der Waals surface area contributed by atoms with Crippen molar-refractivity contribution in [2.24, 2.45) is 11.1 Å². The summed E-state index contributed by atoms with van der Waals surface area (Å²) in [6.45, 7) is 6.26. The van der Waals surface area contributed by atoms with Gasteiger partial charge in [-0.3, -0.25) is 0 Å². The molecular formula is C10H17N3. The number of anilines is 1. The summed E-state index contributed by atoms with van der Waals surface area (Å²) in [5, 5.41) is 0. The van der Waals surface area contributed by atoms with Gasteiger partial charge in [-0.2, -0.15) is 0 Å². The highest BCUT2D eigenvalue weighted by Gasteiger charge is 2.23. The standard InChI is InChI=1S/C10H17N3/c1-10(2,3)8(11)7-5-4-6-13-9(7)12/h4-6,8H,11H2,1-3H3,(H2,12,13)/t8-/m1/s1. The average molecular weight is 179 g/mol. The molecule has 0 aromatic carbocycles. The third-order valence-corrected chi connectivity index (χ3v) is 2.14. The summed E-state index contributed by atoms with van der Waals surface area (Å²) in [7, 11) is 0. The highest BCUT2D eigenvalue weighted by Crippen LogP contribution is 2.32. The molecule has 0 aliphatic rings. The van der Waals surface area contributed by atoms with E-state index in [2.05, 4.69) is 25.8 Å². The number of aromatic nitrogens is 1.